The monoisotopic (exact) mass is 269 g/mol. The van der Waals surface area contributed by atoms with Crippen molar-refractivity contribution in [2.24, 2.45) is 0 Å². The van der Waals surface area contributed by atoms with Gasteiger partial charge in [0.05, 0.1) is 5.69 Å². The normalized spacial score (nSPS) is 13.9. The molecule has 0 unspecified atom stereocenters. The van der Waals surface area contributed by atoms with Crippen LogP contribution in [0.3, 0.4) is 0 Å². The molecular formula is C15H19N5. The molecule has 0 saturated carbocycles. The third-order valence-electron chi connectivity index (χ3n) is 3.67. The Kier molecular flexibility index (Phi) is 3.28. The molecule has 1 aliphatic rings. The topological polar surface area (TPSA) is 67.1 Å². The first kappa shape index (κ1) is 12.9. The molecule has 2 aromatic rings. The minimum Gasteiger partial charge on any atom is -0.368 e. The van der Waals surface area contributed by atoms with E-state index in [1.54, 1.807) is 0 Å². The molecule has 0 amide bonds. The Hall–Kier alpha value is -2.14. The van der Waals surface area contributed by atoms with Crippen LogP contribution in [0.5, 0.6) is 0 Å². The summed E-state index contributed by atoms with van der Waals surface area (Å²) in [6.45, 7) is 3.82. The van der Waals surface area contributed by atoms with Gasteiger partial charge in [0.25, 0.3) is 0 Å². The van der Waals surface area contributed by atoms with Crippen LogP contribution in [0.15, 0.2) is 24.3 Å². The molecule has 5 heteroatoms. The van der Waals surface area contributed by atoms with Crippen molar-refractivity contribution in [2.45, 2.75) is 19.9 Å². The van der Waals surface area contributed by atoms with Crippen molar-refractivity contribution in [3.05, 3.63) is 41.1 Å². The Morgan fingerprint density at radius 2 is 1.95 bits per heavy atom. The molecule has 0 radical (unpaired) electrons. The zero-order valence-corrected chi connectivity index (χ0v) is 11.8. The fraction of sp³-hybridized carbons (Fsp3) is 0.333. The SMILES string of the molecule is Cc1ccc(N(C)c2nc(N)nc3c2CNCC3)cc1. The number of hydrogen-bond acceptors (Lipinski definition) is 5. The average Bonchev–Trinajstić information content (AvgIpc) is 2.46. The van der Waals surface area contributed by atoms with Crippen molar-refractivity contribution in [3.63, 3.8) is 0 Å². The lowest BCUT2D eigenvalue weighted by molar-refractivity contribution is 0.627. The molecule has 0 spiro atoms. The molecule has 5 nitrogen and oxygen atoms in total. The molecule has 0 fully saturated rings. The van der Waals surface area contributed by atoms with E-state index in [0.717, 1.165) is 42.3 Å². The van der Waals surface area contributed by atoms with Crippen LogP contribution >= 0.6 is 0 Å². The van der Waals surface area contributed by atoms with E-state index in [9.17, 15) is 0 Å². The van der Waals surface area contributed by atoms with Crippen LogP contribution in [0.4, 0.5) is 17.5 Å². The minimum absolute atomic E-state index is 0.347. The first-order valence-corrected chi connectivity index (χ1v) is 6.81. The molecule has 104 valence electrons. The Morgan fingerprint density at radius 1 is 1.20 bits per heavy atom. The van der Waals surface area contributed by atoms with Crippen LogP contribution < -0.4 is 16.0 Å². The summed E-state index contributed by atoms with van der Waals surface area (Å²) in [4.78, 5) is 10.9. The zero-order chi connectivity index (χ0) is 14.1. The third kappa shape index (κ3) is 2.32. The summed E-state index contributed by atoms with van der Waals surface area (Å²) in [5.41, 5.74) is 10.4. The summed E-state index contributed by atoms with van der Waals surface area (Å²) in [5, 5.41) is 3.37. The molecule has 0 atom stereocenters. The largest absolute Gasteiger partial charge is 0.368 e. The van der Waals surface area contributed by atoms with Crippen molar-refractivity contribution >= 4 is 17.5 Å². The highest BCUT2D eigenvalue weighted by molar-refractivity contribution is 5.64. The Bertz CT molecular complexity index is 621. The smallest absolute Gasteiger partial charge is 0.222 e. The number of aryl methyl sites for hydroxylation is 1. The van der Waals surface area contributed by atoms with E-state index >= 15 is 0 Å². The molecule has 0 bridgehead atoms. The molecule has 1 aromatic carbocycles. The standard InChI is InChI=1S/C15H19N5/c1-10-3-5-11(6-4-10)20(2)14-12-9-17-8-7-13(12)18-15(16)19-14/h3-6,17H,7-9H2,1-2H3,(H2,16,18,19). The van der Waals surface area contributed by atoms with Crippen molar-refractivity contribution in [3.8, 4) is 0 Å². The number of fused-ring (bicyclic) bond motifs is 1. The predicted octanol–water partition coefficient (Wildman–Crippen LogP) is 1.78. The van der Waals surface area contributed by atoms with Gasteiger partial charge in [-0.05, 0) is 19.1 Å². The van der Waals surface area contributed by atoms with Crippen molar-refractivity contribution < 1.29 is 0 Å². The molecule has 2 heterocycles. The van der Waals surface area contributed by atoms with Gasteiger partial charge in [0.15, 0.2) is 0 Å². The summed E-state index contributed by atoms with van der Waals surface area (Å²) in [6, 6.07) is 8.38. The minimum atomic E-state index is 0.347. The third-order valence-corrected chi connectivity index (χ3v) is 3.67. The Morgan fingerprint density at radius 3 is 2.70 bits per heavy atom. The van der Waals surface area contributed by atoms with Crippen LogP contribution in [0.25, 0.3) is 0 Å². The zero-order valence-electron chi connectivity index (χ0n) is 11.8. The highest BCUT2D eigenvalue weighted by Gasteiger charge is 2.19. The van der Waals surface area contributed by atoms with Gasteiger partial charge < -0.3 is 16.0 Å². The number of nitrogens with zero attached hydrogens (tertiary/aromatic N) is 3. The van der Waals surface area contributed by atoms with Gasteiger partial charge in [-0.25, -0.2) is 4.98 Å². The van der Waals surface area contributed by atoms with Crippen LogP contribution in [-0.2, 0) is 13.0 Å². The molecule has 0 aliphatic carbocycles. The maximum absolute atomic E-state index is 5.85. The fourth-order valence-corrected chi connectivity index (χ4v) is 2.51. The van der Waals surface area contributed by atoms with E-state index in [1.165, 1.54) is 5.56 Å². The van der Waals surface area contributed by atoms with Gasteiger partial charge in [-0.3, -0.25) is 0 Å². The first-order chi connectivity index (χ1) is 9.65. The number of benzene rings is 1. The number of nitrogens with two attached hydrogens (primary N) is 1. The lowest BCUT2D eigenvalue weighted by atomic mass is 10.1. The lowest BCUT2D eigenvalue weighted by Gasteiger charge is -2.25. The summed E-state index contributed by atoms with van der Waals surface area (Å²) in [7, 11) is 2.02. The Balaban J connectivity index is 2.04. The summed E-state index contributed by atoms with van der Waals surface area (Å²) in [6.07, 6.45) is 0.900. The summed E-state index contributed by atoms with van der Waals surface area (Å²) >= 11 is 0. The lowest BCUT2D eigenvalue weighted by Crippen LogP contribution is -2.28. The van der Waals surface area contributed by atoms with Crippen LogP contribution in [0.2, 0.25) is 0 Å². The van der Waals surface area contributed by atoms with Crippen molar-refractivity contribution in [1.29, 1.82) is 0 Å². The number of hydrogen-bond donors (Lipinski definition) is 2. The molecule has 1 aromatic heterocycles. The average molecular weight is 269 g/mol. The molecule has 3 rings (SSSR count). The van der Waals surface area contributed by atoms with E-state index in [1.807, 2.05) is 7.05 Å². The van der Waals surface area contributed by atoms with E-state index in [2.05, 4.69) is 51.4 Å². The van der Waals surface area contributed by atoms with Gasteiger partial charge >= 0.3 is 0 Å². The maximum Gasteiger partial charge on any atom is 0.222 e. The highest BCUT2D eigenvalue weighted by atomic mass is 15.2. The first-order valence-electron chi connectivity index (χ1n) is 6.81. The molecule has 20 heavy (non-hydrogen) atoms. The Labute approximate surface area is 118 Å². The number of aromatic nitrogens is 2. The predicted molar refractivity (Wildman–Crippen MR) is 81.1 cm³/mol. The number of rotatable bonds is 2. The molecule has 3 N–H and O–H groups in total. The molecular weight excluding hydrogens is 250 g/mol. The van der Waals surface area contributed by atoms with Gasteiger partial charge in [-0.1, -0.05) is 17.7 Å². The van der Waals surface area contributed by atoms with Crippen molar-refractivity contribution in [2.75, 3.05) is 24.2 Å². The van der Waals surface area contributed by atoms with Crippen LogP contribution in [-0.4, -0.2) is 23.6 Å². The van der Waals surface area contributed by atoms with E-state index < -0.39 is 0 Å². The number of anilines is 3. The number of nitrogen functional groups attached to an aromatic ring is 1. The van der Waals surface area contributed by atoms with Crippen LogP contribution in [0, 0.1) is 6.92 Å². The van der Waals surface area contributed by atoms with E-state index in [4.69, 9.17) is 5.73 Å². The van der Waals surface area contributed by atoms with Gasteiger partial charge in [0.1, 0.15) is 5.82 Å². The quantitative estimate of drug-likeness (QED) is 0.870. The second kappa shape index (κ2) is 5.09. The second-order valence-electron chi connectivity index (χ2n) is 5.15. The second-order valence-corrected chi connectivity index (χ2v) is 5.15. The van der Waals surface area contributed by atoms with Gasteiger partial charge in [0, 0.05) is 37.8 Å². The highest BCUT2D eigenvalue weighted by Crippen LogP contribution is 2.29. The summed E-state index contributed by atoms with van der Waals surface area (Å²) < 4.78 is 0. The summed E-state index contributed by atoms with van der Waals surface area (Å²) in [5.74, 6) is 1.24. The van der Waals surface area contributed by atoms with E-state index in [-0.39, 0.29) is 0 Å². The van der Waals surface area contributed by atoms with Gasteiger partial charge in [-0.15, -0.1) is 0 Å². The number of nitrogens with one attached hydrogen (secondary N) is 1. The fourth-order valence-electron chi connectivity index (χ4n) is 2.51. The van der Waals surface area contributed by atoms with Crippen molar-refractivity contribution in [1.82, 2.24) is 15.3 Å². The molecule has 0 saturated heterocycles. The van der Waals surface area contributed by atoms with Crippen LogP contribution in [0.1, 0.15) is 16.8 Å². The van der Waals surface area contributed by atoms with Gasteiger partial charge in [0.2, 0.25) is 5.95 Å². The van der Waals surface area contributed by atoms with Gasteiger partial charge in [-0.2, -0.15) is 4.98 Å². The maximum atomic E-state index is 5.85. The van der Waals surface area contributed by atoms with E-state index in [0.29, 0.717) is 5.95 Å². The molecule has 1 aliphatic heterocycles.